The molecule has 1 aliphatic rings. The van der Waals surface area contributed by atoms with E-state index in [2.05, 4.69) is 34.6 Å². The third kappa shape index (κ3) is 5.88. The number of rotatable bonds is 8. The molecule has 7 nitrogen and oxygen atoms in total. The van der Waals surface area contributed by atoms with Crippen LogP contribution < -0.4 is 10.6 Å². The van der Waals surface area contributed by atoms with Gasteiger partial charge in [0.25, 0.3) is 5.91 Å². The molecule has 0 fully saturated rings. The average Bonchev–Trinajstić information content (AvgIpc) is 3.11. The van der Waals surface area contributed by atoms with Gasteiger partial charge in [-0.3, -0.25) is 9.59 Å². The second-order valence-corrected chi connectivity index (χ2v) is 7.62. The van der Waals surface area contributed by atoms with Crippen molar-refractivity contribution >= 4 is 18.0 Å². The molecular formula is C25H26N2O5. The van der Waals surface area contributed by atoms with Gasteiger partial charge < -0.3 is 20.5 Å². The Morgan fingerprint density at radius 1 is 1.03 bits per heavy atom. The van der Waals surface area contributed by atoms with E-state index >= 15 is 0 Å². The first-order valence-corrected chi connectivity index (χ1v) is 10.6. The Hall–Kier alpha value is -3.79. The summed E-state index contributed by atoms with van der Waals surface area (Å²) in [5.74, 6) is 3.17. The van der Waals surface area contributed by atoms with Gasteiger partial charge in [0.05, 0.1) is 12.5 Å². The predicted octanol–water partition coefficient (Wildman–Crippen LogP) is 3.15. The molecule has 7 heteroatoms. The summed E-state index contributed by atoms with van der Waals surface area (Å²) in [6.45, 7) is 2.17. The maximum atomic E-state index is 12.0. The minimum atomic E-state index is -0.851. The van der Waals surface area contributed by atoms with Crippen LogP contribution in [0.1, 0.15) is 36.8 Å². The molecule has 0 saturated carbocycles. The largest absolute Gasteiger partial charge is 0.481 e. The first-order chi connectivity index (χ1) is 15.5. The van der Waals surface area contributed by atoms with E-state index in [4.69, 9.17) is 9.84 Å². The Morgan fingerprint density at radius 2 is 1.66 bits per heavy atom. The number of hydrogen-bond acceptors (Lipinski definition) is 4. The molecule has 1 aliphatic carbocycles. The fourth-order valence-electron chi connectivity index (χ4n) is 3.67. The summed E-state index contributed by atoms with van der Waals surface area (Å²) in [6.07, 6.45) is 0.440. The van der Waals surface area contributed by atoms with Crippen molar-refractivity contribution in [3.8, 4) is 23.0 Å². The zero-order chi connectivity index (χ0) is 22.9. The van der Waals surface area contributed by atoms with Crippen molar-refractivity contribution in [3.63, 3.8) is 0 Å². The van der Waals surface area contributed by atoms with Crippen LogP contribution in [0.15, 0.2) is 48.5 Å². The fourth-order valence-corrected chi connectivity index (χ4v) is 3.67. The maximum Gasteiger partial charge on any atom is 0.407 e. The summed E-state index contributed by atoms with van der Waals surface area (Å²) in [6, 6.07) is 16.2. The van der Waals surface area contributed by atoms with Gasteiger partial charge in [-0.2, -0.15) is 0 Å². The van der Waals surface area contributed by atoms with Gasteiger partial charge in [-0.1, -0.05) is 61.4 Å². The van der Waals surface area contributed by atoms with E-state index in [9.17, 15) is 14.4 Å². The van der Waals surface area contributed by atoms with Gasteiger partial charge in [-0.25, -0.2) is 4.79 Å². The second kappa shape index (κ2) is 11.0. The zero-order valence-electron chi connectivity index (χ0n) is 17.9. The molecule has 2 amide bonds. The number of carboxylic acid groups (broad SMARTS) is 1. The first kappa shape index (κ1) is 22.9. The van der Waals surface area contributed by atoms with Crippen LogP contribution in [0.4, 0.5) is 4.79 Å². The van der Waals surface area contributed by atoms with Crippen molar-refractivity contribution in [2.24, 2.45) is 5.92 Å². The summed E-state index contributed by atoms with van der Waals surface area (Å²) >= 11 is 0. The molecule has 0 saturated heterocycles. The molecule has 0 radical (unpaired) electrons. The lowest BCUT2D eigenvalue weighted by Crippen LogP contribution is -2.27. The molecule has 3 N–H and O–H groups in total. The molecule has 3 rings (SSSR count). The second-order valence-electron chi connectivity index (χ2n) is 7.62. The Morgan fingerprint density at radius 3 is 2.28 bits per heavy atom. The number of aliphatic carboxylic acids is 1. The van der Waals surface area contributed by atoms with Gasteiger partial charge in [0, 0.05) is 12.5 Å². The number of carbonyl (C=O) groups is 3. The third-order valence-corrected chi connectivity index (χ3v) is 5.39. The number of benzene rings is 2. The molecule has 2 aromatic carbocycles. The van der Waals surface area contributed by atoms with Crippen molar-refractivity contribution < 1.29 is 24.2 Å². The number of ether oxygens (including phenoxy) is 1. The Kier molecular flexibility index (Phi) is 7.87. The predicted molar refractivity (Wildman–Crippen MR) is 120 cm³/mol. The van der Waals surface area contributed by atoms with Crippen LogP contribution in [0.5, 0.6) is 0 Å². The molecule has 0 aliphatic heterocycles. The Balaban J connectivity index is 1.40. The third-order valence-electron chi connectivity index (χ3n) is 5.39. The number of fused-ring (bicyclic) bond motifs is 3. The van der Waals surface area contributed by atoms with Gasteiger partial charge >= 0.3 is 12.1 Å². The van der Waals surface area contributed by atoms with Gasteiger partial charge in [0.15, 0.2) is 0 Å². The highest BCUT2D eigenvalue weighted by atomic mass is 16.5. The lowest BCUT2D eigenvalue weighted by Gasteiger charge is -2.14. The van der Waals surface area contributed by atoms with Crippen LogP contribution >= 0.6 is 0 Å². The molecule has 0 heterocycles. The lowest BCUT2D eigenvalue weighted by atomic mass is 9.98. The average molecular weight is 434 g/mol. The summed E-state index contributed by atoms with van der Waals surface area (Å²) in [5, 5.41) is 13.9. The van der Waals surface area contributed by atoms with Crippen LogP contribution in [0.3, 0.4) is 0 Å². The Labute approximate surface area is 187 Å². The smallest absolute Gasteiger partial charge is 0.407 e. The normalized spacial score (nSPS) is 12.5. The monoisotopic (exact) mass is 434 g/mol. The van der Waals surface area contributed by atoms with Crippen LogP contribution in [-0.4, -0.2) is 42.8 Å². The van der Waals surface area contributed by atoms with Crippen molar-refractivity contribution in [1.82, 2.24) is 10.6 Å². The molecule has 1 unspecified atom stereocenters. The SMILES string of the molecule is CC(CCCNC(=O)C#CCNC(=O)OCC1c2ccccc2-c2ccccc21)C(=O)O. The van der Waals surface area contributed by atoms with E-state index in [0.29, 0.717) is 19.4 Å². The minimum Gasteiger partial charge on any atom is -0.481 e. The van der Waals surface area contributed by atoms with Crippen molar-refractivity contribution in [2.45, 2.75) is 25.7 Å². The number of carbonyl (C=O) groups excluding carboxylic acids is 2. The highest BCUT2D eigenvalue weighted by Gasteiger charge is 2.28. The topological polar surface area (TPSA) is 105 Å². The zero-order valence-corrected chi connectivity index (χ0v) is 17.9. The number of carboxylic acids is 1. The molecule has 0 aromatic heterocycles. The number of hydrogen-bond donors (Lipinski definition) is 3. The van der Waals surface area contributed by atoms with Crippen LogP contribution in [0, 0.1) is 17.8 Å². The van der Waals surface area contributed by atoms with E-state index in [1.165, 1.54) is 0 Å². The van der Waals surface area contributed by atoms with Crippen molar-refractivity contribution in [2.75, 3.05) is 19.7 Å². The van der Waals surface area contributed by atoms with E-state index in [-0.39, 0.29) is 19.1 Å². The molecular weight excluding hydrogens is 408 g/mol. The van der Waals surface area contributed by atoms with E-state index < -0.39 is 23.9 Å². The minimum absolute atomic E-state index is 0.0137. The summed E-state index contributed by atoms with van der Waals surface area (Å²) in [7, 11) is 0. The van der Waals surface area contributed by atoms with Gasteiger partial charge in [-0.05, 0) is 41.0 Å². The van der Waals surface area contributed by atoms with Gasteiger partial charge in [0.1, 0.15) is 6.61 Å². The fraction of sp³-hybridized carbons (Fsp3) is 0.320. The molecule has 0 spiro atoms. The first-order valence-electron chi connectivity index (χ1n) is 10.6. The van der Waals surface area contributed by atoms with E-state index in [1.807, 2.05) is 36.4 Å². The van der Waals surface area contributed by atoms with E-state index in [1.54, 1.807) is 6.92 Å². The standard InChI is InChI=1S/C25H26N2O5/c1-17(24(29)30)8-6-14-26-23(28)13-7-15-27-25(31)32-16-22-20-11-4-2-9-18(20)19-10-3-5-12-21(19)22/h2-5,9-12,17,22H,6,8,14-16H2,1H3,(H,26,28)(H,27,31)(H,29,30). The molecule has 1 atom stereocenters. The van der Waals surface area contributed by atoms with Crippen LogP contribution in [0.25, 0.3) is 11.1 Å². The molecule has 32 heavy (non-hydrogen) atoms. The summed E-state index contributed by atoms with van der Waals surface area (Å²) < 4.78 is 5.40. The molecule has 0 bridgehead atoms. The van der Waals surface area contributed by atoms with Crippen molar-refractivity contribution in [3.05, 3.63) is 59.7 Å². The van der Waals surface area contributed by atoms with Crippen molar-refractivity contribution in [1.29, 1.82) is 0 Å². The molecule has 2 aromatic rings. The highest BCUT2D eigenvalue weighted by Crippen LogP contribution is 2.44. The number of alkyl carbamates (subject to hydrolysis) is 1. The lowest BCUT2D eigenvalue weighted by molar-refractivity contribution is -0.141. The van der Waals surface area contributed by atoms with Gasteiger partial charge in [0.2, 0.25) is 0 Å². The van der Waals surface area contributed by atoms with E-state index in [0.717, 1.165) is 22.3 Å². The molecule has 166 valence electrons. The Bertz CT molecular complexity index is 1010. The maximum absolute atomic E-state index is 12.0. The number of amides is 2. The summed E-state index contributed by atoms with van der Waals surface area (Å²) in [4.78, 5) is 34.4. The quantitative estimate of drug-likeness (QED) is 0.437. The summed E-state index contributed by atoms with van der Waals surface area (Å²) in [5.41, 5.74) is 4.59. The number of nitrogens with one attached hydrogen (secondary N) is 2. The highest BCUT2D eigenvalue weighted by molar-refractivity contribution is 5.93. The van der Waals surface area contributed by atoms with Crippen LogP contribution in [-0.2, 0) is 14.3 Å². The van der Waals surface area contributed by atoms with Gasteiger partial charge in [-0.15, -0.1) is 0 Å². The van der Waals surface area contributed by atoms with Crippen LogP contribution in [0.2, 0.25) is 0 Å².